The molecule has 0 spiro atoms. The number of aromatic nitrogens is 1. The van der Waals surface area contributed by atoms with Gasteiger partial charge in [-0.1, -0.05) is 23.7 Å². The number of halogens is 3. The fourth-order valence-electron chi connectivity index (χ4n) is 3.68. The molecule has 0 saturated carbocycles. The number of ether oxygens (including phenoxy) is 1. The fourth-order valence-corrected chi connectivity index (χ4v) is 4.38. The van der Waals surface area contributed by atoms with Crippen molar-refractivity contribution < 1.29 is 26.5 Å². The molecule has 0 radical (unpaired) electrons. The predicted molar refractivity (Wildman–Crippen MR) is 121 cm³/mol. The molecule has 0 fully saturated rings. The average Bonchev–Trinajstić information content (AvgIpc) is 2.77. The van der Waals surface area contributed by atoms with Gasteiger partial charge in [-0.25, -0.2) is 8.78 Å². The van der Waals surface area contributed by atoms with Crippen LogP contribution in [0.3, 0.4) is 0 Å². The summed E-state index contributed by atoms with van der Waals surface area (Å²) in [7, 11) is -3.21. The van der Waals surface area contributed by atoms with Crippen molar-refractivity contribution in [2.24, 2.45) is 0 Å². The molecule has 0 aliphatic heterocycles. The van der Waals surface area contributed by atoms with Gasteiger partial charge in [0, 0.05) is 22.7 Å². The quantitative estimate of drug-likeness (QED) is 0.399. The first-order chi connectivity index (χ1) is 15.5. The maximum Gasteiger partial charge on any atom is 0.294 e. The van der Waals surface area contributed by atoms with Crippen molar-refractivity contribution >= 4 is 32.6 Å². The minimum atomic E-state index is -4.58. The highest BCUT2D eigenvalue weighted by molar-refractivity contribution is 7.85. The van der Waals surface area contributed by atoms with Gasteiger partial charge in [0.15, 0.2) is 0 Å². The molecular weight excluding hydrogens is 476 g/mol. The average molecular weight is 492 g/mol. The third-order valence-electron chi connectivity index (χ3n) is 5.25. The minimum absolute atomic E-state index is 0.0952. The molecule has 1 N–H and O–H groups in total. The Bertz CT molecular complexity index is 1600. The molecule has 0 amide bonds. The number of nitrogens with zero attached hydrogens (tertiary/aromatic N) is 1. The number of hydrogen-bond acceptors (Lipinski definition) is 4. The molecule has 6 nitrogen and oxygen atoms in total. The van der Waals surface area contributed by atoms with Gasteiger partial charge in [-0.3, -0.25) is 9.35 Å². The number of pyridine rings is 1. The molecular formula is C23H16ClF2NO5S. The molecule has 0 bridgehead atoms. The van der Waals surface area contributed by atoms with Crippen molar-refractivity contribution in [3.05, 3.63) is 87.2 Å². The first-order valence-corrected chi connectivity index (χ1v) is 11.3. The van der Waals surface area contributed by atoms with Crippen LogP contribution in [0.5, 0.6) is 5.75 Å². The van der Waals surface area contributed by atoms with E-state index in [0.717, 1.165) is 18.2 Å². The first-order valence-electron chi connectivity index (χ1n) is 9.49. The van der Waals surface area contributed by atoms with E-state index in [2.05, 4.69) is 0 Å². The van der Waals surface area contributed by atoms with Gasteiger partial charge in [-0.15, -0.1) is 0 Å². The number of methoxy groups -OCH3 is 1. The zero-order valence-electron chi connectivity index (χ0n) is 17.3. The van der Waals surface area contributed by atoms with Gasteiger partial charge in [0.2, 0.25) is 5.43 Å². The summed E-state index contributed by atoms with van der Waals surface area (Å²) in [6, 6.07) is 11.4. The second kappa shape index (κ2) is 8.26. The van der Waals surface area contributed by atoms with Crippen molar-refractivity contribution in [1.82, 2.24) is 4.57 Å². The van der Waals surface area contributed by atoms with E-state index >= 15 is 4.39 Å². The molecule has 3 aromatic carbocycles. The normalized spacial score (nSPS) is 11.7. The highest BCUT2D eigenvalue weighted by Gasteiger charge is 2.21. The topological polar surface area (TPSA) is 85.6 Å². The molecule has 0 aliphatic carbocycles. The summed E-state index contributed by atoms with van der Waals surface area (Å²) >= 11 is 6.24. The monoisotopic (exact) mass is 491 g/mol. The van der Waals surface area contributed by atoms with Crippen molar-refractivity contribution in [3.63, 3.8) is 0 Å². The maximum atomic E-state index is 15.2. The van der Waals surface area contributed by atoms with E-state index in [1.165, 1.54) is 48.9 Å². The lowest BCUT2D eigenvalue weighted by Gasteiger charge is -2.20. The maximum absolute atomic E-state index is 15.2. The Morgan fingerprint density at radius 2 is 1.79 bits per heavy atom. The predicted octanol–water partition coefficient (Wildman–Crippen LogP) is 5.15. The van der Waals surface area contributed by atoms with E-state index in [1.54, 1.807) is 6.07 Å². The minimum Gasteiger partial charge on any atom is -0.495 e. The van der Waals surface area contributed by atoms with Gasteiger partial charge in [0.25, 0.3) is 10.1 Å². The molecule has 0 atom stereocenters. The Morgan fingerprint density at radius 3 is 2.42 bits per heavy atom. The summed E-state index contributed by atoms with van der Waals surface area (Å²) in [4.78, 5) is 12.3. The van der Waals surface area contributed by atoms with E-state index < -0.39 is 32.1 Å². The molecule has 0 unspecified atom stereocenters. The third-order valence-corrected chi connectivity index (χ3v) is 6.54. The van der Waals surface area contributed by atoms with Crippen LogP contribution in [0.15, 0.2) is 64.3 Å². The highest BCUT2D eigenvalue weighted by atomic mass is 35.5. The van der Waals surface area contributed by atoms with Gasteiger partial charge in [-0.2, -0.15) is 8.42 Å². The first kappa shape index (κ1) is 22.9. The van der Waals surface area contributed by atoms with Crippen LogP contribution in [0.25, 0.3) is 27.7 Å². The SMILES string of the molecule is COc1cc(-c2cccc(F)c2)c(F)cc1-n1c(C)c(Cl)c(=O)c2cc(S(=O)(=O)O)ccc21. The van der Waals surface area contributed by atoms with E-state index in [1.807, 2.05) is 0 Å². The number of fused-ring (bicyclic) bond motifs is 1. The standard InChI is InChI=1S/C23H16ClF2NO5S/c1-12-22(24)23(28)17-9-15(33(29,30)31)6-7-19(17)27(12)20-11-18(26)16(10-21(20)32-2)13-4-3-5-14(25)8-13/h3-11H,1-2H3,(H,29,30,31). The highest BCUT2D eigenvalue weighted by Crippen LogP contribution is 2.36. The largest absolute Gasteiger partial charge is 0.495 e. The van der Waals surface area contributed by atoms with Crippen molar-refractivity contribution in [1.29, 1.82) is 0 Å². The number of hydrogen-bond donors (Lipinski definition) is 1. The summed E-state index contributed by atoms with van der Waals surface area (Å²) in [5, 5.41) is -0.316. The molecule has 4 aromatic rings. The second-order valence-corrected chi connectivity index (χ2v) is 9.03. The van der Waals surface area contributed by atoms with Gasteiger partial charge in [0.1, 0.15) is 22.4 Å². The molecule has 4 rings (SSSR count). The van der Waals surface area contributed by atoms with Crippen molar-refractivity contribution in [2.75, 3.05) is 7.11 Å². The van der Waals surface area contributed by atoms with Crippen LogP contribution in [0.2, 0.25) is 5.02 Å². The second-order valence-electron chi connectivity index (χ2n) is 7.23. The Hall–Kier alpha value is -3.27. The zero-order chi connectivity index (χ0) is 24.1. The van der Waals surface area contributed by atoms with Crippen LogP contribution in [0.4, 0.5) is 8.78 Å². The van der Waals surface area contributed by atoms with Crippen LogP contribution in [-0.4, -0.2) is 24.6 Å². The molecule has 0 aliphatic rings. The Morgan fingerprint density at radius 1 is 1.06 bits per heavy atom. The van der Waals surface area contributed by atoms with Crippen molar-refractivity contribution in [2.45, 2.75) is 11.8 Å². The Kier molecular flexibility index (Phi) is 5.73. The van der Waals surface area contributed by atoms with Crippen LogP contribution < -0.4 is 10.2 Å². The summed E-state index contributed by atoms with van der Waals surface area (Å²) in [6.07, 6.45) is 0. The molecule has 33 heavy (non-hydrogen) atoms. The van der Waals surface area contributed by atoms with Crippen LogP contribution in [0, 0.1) is 18.6 Å². The van der Waals surface area contributed by atoms with Gasteiger partial charge in [-0.05, 0) is 48.9 Å². The fraction of sp³-hybridized carbons (Fsp3) is 0.0870. The van der Waals surface area contributed by atoms with E-state index in [-0.39, 0.29) is 38.6 Å². The van der Waals surface area contributed by atoms with E-state index in [0.29, 0.717) is 5.56 Å². The van der Waals surface area contributed by atoms with E-state index in [4.69, 9.17) is 16.3 Å². The number of benzene rings is 3. The molecule has 170 valence electrons. The summed E-state index contributed by atoms with van der Waals surface area (Å²) in [6.45, 7) is 1.54. The van der Waals surface area contributed by atoms with Crippen LogP contribution in [-0.2, 0) is 10.1 Å². The Balaban J connectivity index is 2.06. The number of rotatable bonds is 4. The summed E-state index contributed by atoms with van der Waals surface area (Å²) < 4.78 is 68.3. The van der Waals surface area contributed by atoms with Crippen LogP contribution in [0.1, 0.15) is 5.69 Å². The molecule has 10 heteroatoms. The Labute approximate surface area is 192 Å². The lowest BCUT2D eigenvalue weighted by Crippen LogP contribution is -2.15. The van der Waals surface area contributed by atoms with Crippen molar-refractivity contribution in [3.8, 4) is 22.6 Å². The lowest BCUT2D eigenvalue weighted by molar-refractivity contribution is 0.412. The third kappa shape index (κ3) is 3.99. The smallest absolute Gasteiger partial charge is 0.294 e. The van der Waals surface area contributed by atoms with E-state index in [9.17, 15) is 22.2 Å². The summed E-state index contributed by atoms with van der Waals surface area (Å²) in [5.74, 6) is -1.02. The lowest BCUT2D eigenvalue weighted by atomic mass is 10.0. The van der Waals surface area contributed by atoms with Gasteiger partial charge in [0.05, 0.1) is 23.2 Å². The van der Waals surface area contributed by atoms with Crippen LogP contribution >= 0.6 is 11.6 Å². The molecule has 1 heterocycles. The zero-order valence-corrected chi connectivity index (χ0v) is 18.8. The molecule has 1 aromatic heterocycles. The van der Waals surface area contributed by atoms with Gasteiger partial charge < -0.3 is 9.30 Å². The molecule has 0 saturated heterocycles. The summed E-state index contributed by atoms with van der Waals surface area (Å²) in [5.41, 5.74) is 0.393. The van der Waals surface area contributed by atoms with Gasteiger partial charge >= 0.3 is 0 Å².